The Hall–Kier alpha value is -0.650. The standard InChI is InChI=1S/C11H14BrFN2O.ClH/c12-8-4-3-5-9(13)10(8)11(16)15-7-2-1-6-14;/h3-5H,1-2,6-7,14H2,(H,15,16);1H. The first-order valence-electron chi connectivity index (χ1n) is 5.09. The average Bonchev–Trinajstić information content (AvgIpc) is 2.24. The molecule has 1 amide bonds. The molecule has 0 saturated heterocycles. The maximum Gasteiger partial charge on any atom is 0.255 e. The van der Waals surface area contributed by atoms with Crippen LogP contribution in [0.2, 0.25) is 0 Å². The first-order valence-corrected chi connectivity index (χ1v) is 5.88. The van der Waals surface area contributed by atoms with Gasteiger partial charge in [-0.3, -0.25) is 4.79 Å². The molecule has 0 atom stereocenters. The van der Waals surface area contributed by atoms with Crippen LogP contribution in [0.25, 0.3) is 0 Å². The van der Waals surface area contributed by atoms with Gasteiger partial charge in [-0.1, -0.05) is 6.07 Å². The number of nitrogens with one attached hydrogen (secondary N) is 1. The van der Waals surface area contributed by atoms with Gasteiger partial charge >= 0.3 is 0 Å². The summed E-state index contributed by atoms with van der Waals surface area (Å²) in [6, 6.07) is 4.45. The second kappa shape index (κ2) is 8.44. The number of nitrogens with two attached hydrogens (primary N) is 1. The molecule has 0 aromatic heterocycles. The van der Waals surface area contributed by atoms with Gasteiger partial charge in [0.15, 0.2) is 0 Å². The fourth-order valence-corrected chi connectivity index (χ4v) is 1.80. The van der Waals surface area contributed by atoms with Crippen molar-refractivity contribution in [1.29, 1.82) is 0 Å². The molecule has 3 N–H and O–H groups in total. The summed E-state index contributed by atoms with van der Waals surface area (Å²) in [5.41, 5.74) is 5.38. The monoisotopic (exact) mass is 324 g/mol. The van der Waals surface area contributed by atoms with E-state index in [9.17, 15) is 9.18 Å². The molecular formula is C11H15BrClFN2O. The maximum atomic E-state index is 13.4. The van der Waals surface area contributed by atoms with Gasteiger partial charge in [0.2, 0.25) is 0 Å². The number of amides is 1. The van der Waals surface area contributed by atoms with Gasteiger partial charge < -0.3 is 11.1 Å². The zero-order chi connectivity index (χ0) is 12.0. The van der Waals surface area contributed by atoms with Crippen molar-refractivity contribution in [1.82, 2.24) is 5.32 Å². The lowest BCUT2D eigenvalue weighted by atomic mass is 10.2. The lowest BCUT2D eigenvalue weighted by Crippen LogP contribution is -2.26. The highest BCUT2D eigenvalue weighted by Gasteiger charge is 2.14. The summed E-state index contributed by atoms with van der Waals surface area (Å²) in [6.45, 7) is 1.11. The summed E-state index contributed by atoms with van der Waals surface area (Å²) in [5, 5.41) is 2.65. The normalized spacial score (nSPS) is 9.59. The van der Waals surface area contributed by atoms with Crippen LogP contribution in [0.15, 0.2) is 22.7 Å². The summed E-state index contributed by atoms with van der Waals surface area (Å²) in [7, 11) is 0. The predicted molar refractivity (Wildman–Crippen MR) is 72.0 cm³/mol. The smallest absolute Gasteiger partial charge is 0.255 e. The van der Waals surface area contributed by atoms with Gasteiger partial charge in [0, 0.05) is 11.0 Å². The number of benzene rings is 1. The highest BCUT2D eigenvalue weighted by molar-refractivity contribution is 9.10. The SMILES string of the molecule is Cl.NCCCCNC(=O)c1c(F)cccc1Br. The molecule has 1 aromatic rings. The third-order valence-electron chi connectivity index (χ3n) is 2.11. The molecule has 3 nitrogen and oxygen atoms in total. The zero-order valence-electron chi connectivity index (χ0n) is 9.21. The fraction of sp³-hybridized carbons (Fsp3) is 0.364. The lowest BCUT2D eigenvalue weighted by Gasteiger charge is -2.07. The van der Waals surface area contributed by atoms with Crippen molar-refractivity contribution < 1.29 is 9.18 Å². The highest BCUT2D eigenvalue weighted by Crippen LogP contribution is 2.19. The Morgan fingerprint density at radius 3 is 2.71 bits per heavy atom. The van der Waals surface area contributed by atoms with Gasteiger partial charge in [0.1, 0.15) is 5.82 Å². The number of hydrogen-bond acceptors (Lipinski definition) is 2. The summed E-state index contributed by atoms with van der Waals surface area (Å²) in [5.74, 6) is -0.923. The van der Waals surface area contributed by atoms with Gasteiger partial charge in [0.25, 0.3) is 5.91 Å². The average molecular weight is 326 g/mol. The van der Waals surface area contributed by atoms with E-state index in [2.05, 4.69) is 21.2 Å². The fourth-order valence-electron chi connectivity index (χ4n) is 1.27. The van der Waals surface area contributed by atoms with Crippen molar-refractivity contribution in [3.63, 3.8) is 0 Å². The number of rotatable bonds is 5. The van der Waals surface area contributed by atoms with E-state index in [1.807, 2.05) is 0 Å². The molecule has 0 aliphatic rings. The second-order valence-electron chi connectivity index (χ2n) is 3.35. The van der Waals surface area contributed by atoms with Gasteiger partial charge in [-0.2, -0.15) is 0 Å². The second-order valence-corrected chi connectivity index (χ2v) is 4.20. The number of unbranched alkanes of at least 4 members (excludes halogenated alkanes) is 1. The third kappa shape index (κ3) is 5.02. The molecule has 0 unspecified atom stereocenters. The summed E-state index contributed by atoms with van der Waals surface area (Å²) < 4.78 is 13.8. The van der Waals surface area contributed by atoms with E-state index in [0.717, 1.165) is 12.8 Å². The Kier molecular flexibility index (Phi) is 8.12. The van der Waals surface area contributed by atoms with Crippen molar-refractivity contribution in [2.24, 2.45) is 5.73 Å². The van der Waals surface area contributed by atoms with E-state index in [0.29, 0.717) is 17.6 Å². The number of halogens is 3. The van der Waals surface area contributed by atoms with Crippen LogP contribution in [-0.2, 0) is 0 Å². The van der Waals surface area contributed by atoms with Crippen LogP contribution in [0.1, 0.15) is 23.2 Å². The maximum absolute atomic E-state index is 13.4. The van der Waals surface area contributed by atoms with Gasteiger partial charge in [-0.05, 0) is 47.4 Å². The molecule has 1 rings (SSSR count). The minimum atomic E-state index is -0.523. The molecule has 0 radical (unpaired) electrons. The predicted octanol–water partition coefficient (Wildman–Crippen LogP) is 2.48. The van der Waals surface area contributed by atoms with Crippen LogP contribution in [0.4, 0.5) is 4.39 Å². The van der Waals surface area contributed by atoms with Crippen LogP contribution in [-0.4, -0.2) is 19.0 Å². The Balaban J connectivity index is 0.00000256. The Labute approximate surface area is 114 Å². The van der Waals surface area contributed by atoms with Crippen LogP contribution in [0.5, 0.6) is 0 Å². The summed E-state index contributed by atoms with van der Waals surface area (Å²) in [4.78, 5) is 11.6. The third-order valence-corrected chi connectivity index (χ3v) is 2.77. The number of carbonyl (C=O) groups excluding carboxylic acids is 1. The van der Waals surface area contributed by atoms with Crippen molar-refractivity contribution in [3.05, 3.63) is 34.1 Å². The Morgan fingerprint density at radius 1 is 1.41 bits per heavy atom. The molecule has 6 heteroatoms. The first-order chi connectivity index (χ1) is 7.66. The topological polar surface area (TPSA) is 55.1 Å². The van der Waals surface area contributed by atoms with Crippen molar-refractivity contribution in [2.75, 3.05) is 13.1 Å². The molecule has 0 spiro atoms. The molecule has 96 valence electrons. The van der Waals surface area contributed by atoms with Crippen molar-refractivity contribution >= 4 is 34.2 Å². The molecule has 0 aliphatic carbocycles. The summed E-state index contributed by atoms with van der Waals surface area (Å²) in [6.07, 6.45) is 1.65. The van der Waals surface area contributed by atoms with Gasteiger partial charge in [-0.15, -0.1) is 12.4 Å². The Bertz CT molecular complexity index is 356. The van der Waals surface area contributed by atoms with E-state index in [1.54, 1.807) is 12.1 Å². The van der Waals surface area contributed by atoms with E-state index >= 15 is 0 Å². The molecule has 0 bridgehead atoms. The minimum absolute atomic E-state index is 0. The molecule has 1 aromatic carbocycles. The van der Waals surface area contributed by atoms with E-state index in [4.69, 9.17) is 5.73 Å². The van der Waals surface area contributed by atoms with E-state index in [-0.39, 0.29) is 18.0 Å². The lowest BCUT2D eigenvalue weighted by molar-refractivity contribution is 0.0948. The highest BCUT2D eigenvalue weighted by atomic mass is 79.9. The van der Waals surface area contributed by atoms with Crippen LogP contribution in [0.3, 0.4) is 0 Å². The quantitative estimate of drug-likeness (QED) is 0.817. The molecule has 0 aliphatic heterocycles. The zero-order valence-corrected chi connectivity index (χ0v) is 11.6. The molecule has 0 saturated carbocycles. The van der Waals surface area contributed by atoms with Crippen LogP contribution in [0, 0.1) is 5.82 Å². The van der Waals surface area contributed by atoms with Crippen LogP contribution < -0.4 is 11.1 Å². The minimum Gasteiger partial charge on any atom is -0.352 e. The summed E-state index contributed by atoms with van der Waals surface area (Å²) >= 11 is 3.15. The molecule has 0 fully saturated rings. The number of hydrogen-bond donors (Lipinski definition) is 2. The number of carbonyl (C=O) groups is 1. The van der Waals surface area contributed by atoms with Crippen molar-refractivity contribution in [2.45, 2.75) is 12.8 Å². The van der Waals surface area contributed by atoms with Crippen LogP contribution >= 0.6 is 28.3 Å². The molecule has 0 heterocycles. The van der Waals surface area contributed by atoms with Gasteiger partial charge in [-0.25, -0.2) is 4.39 Å². The first kappa shape index (κ1) is 16.4. The Morgan fingerprint density at radius 2 is 2.12 bits per heavy atom. The van der Waals surface area contributed by atoms with E-state index in [1.165, 1.54) is 6.07 Å². The molecule has 17 heavy (non-hydrogen) atoms. The van der Waals surface area contributed by atoms with Gasteiger partial charge in [0.05, 0.1) is 5.56 Å². The van der Waals surface area contributed by atoms with Crippen molar-refractivity contribution in [3.8, 4) is 0 Å². The largest absolute Gasteiger partial charge is 0.352 e. The van der Waals surface area contributed by atoms with E-state index < -0.39 is 11.7 Å². The molecular weight excluding hydrogens is 310 g/mol.